The molecular weight excluding hydrogens is 332 g/mol. The molecule has 0 aromatic carbocycles. The van der Waals surface area contributed by atoms with Gasteiger partial charge in [0.15, 0.2) is 0 Å². The molecule has 6 nitrogen and oxygen atoms in total. The Morgan fingerprint density at radius 2 is 2.19 bits per heavy atom. The molecule has 3 heterocycles. The molecule has 0 aliphatic rings. The molecule has 7 heteroatoms. The molecule has 3 aromatic heterocycles. The minimum absolute atomic E-state index is 0.173. The highest BCUT2D eigenvalue weighted by Gasteiger charge is 2.23. The van der Waals surface area contributed by atoms with Gasteiger partial charge in [-0.05, 0) is 34.5 Å². The van der Waals surface area contributed by atoms with Gasteiger partial charge in [-0.3, -0.25) is 10.5 Å². The second-order valence-electron chi connectivity index (χ2n) is 4.83. The lowest BCUT2D eigenvalue weighted by Gasteiger charge is -2.17. The third-order valence-corrected chi connectivity index (χ3v) is 4.09. The summed E-state index contributed by atoms with van der Waals surface area (Å²) in [4.78, 5) is 0. The fourth-order valence-electron chi connectivity index (χ4n) is 2.54. The van der Waals surface area contributed by atoms with E-state index in [1.165, 1.54) is 0 Å². The number of hydrazine groups is 1. The van der Waals surface area contributed by atoms with E-state index >= 15 is 0 Å². The van der Waals surface area contributed by atoms with Gasteiger partial charge in [0.05, 0.1) is 34.1 Å². The smallest absolute Gasteiger partial charge is 0.0926 e. The summed E-state index contributed by atoms with van der Waals surface area (Å²) in [5.74, 6) is 5.83. The average molecular weight is 349 g/mol. The monoisotopic (exact) mass is 348 g/mol. The van der Waals surface area contributed by atoms with E-state index in [9.17, 15) is 0 Å². The lowest BCUT2D eigenvalue weighted by molar-refractivity contribution is 0.521. The SMILES string of the molecule is CCCn1ncc(Br)c1C(NN)c1cnn2ccccc12. The molecule has 0 bridgehead atoms. The van der Waals surface area contributed by atoms with Crippen LogP contribution in [-0.4, -0.2) is 19.4 Å². The normalized spacial score (nSPS) is 12.9. The summed E-state index contributed by atoms with van der Waals surface area (Å²) < 4.78 is 4.75. The maximum absolute atomic E-state index is 5.83. The number of aryl methyl sites for hydroxylation is 1. The molecule has 3 rings (SSSR count). The summed E-state index contributed by atoms with van der Waals surface area (Å²) in [5, 5.41) is 8.79. The predicted octanol–water partition coefficient (Wildman–Crippen LogP) is 2.26. The number of fused-ring (bicyclic) bond motifs is 1. The quantitative estimate of drug-likeness (QED) is 0.547. The number of nitrogens with two attached hydrogens (primary N) is 1. The van der Waals surface area contributed by atoms with Crippen LogP contribution in [0.2, 0.25) is 0 Å². The Bertz CT molecular complexity index is 747. The highest BCUT2D eigenvalue weighted by atomic mass is 79.9. The minimum Gasteiger partial charge on any atom is -0.271 e. The van der Waals surface area contributed by atoms with Gasteiger partial charge in [-0.25, -0.2) is 9.94 Å². The molecule has 0 saturated heterocycles. The Hall–Kier alpha value is -1.70. The number of nitrogens with one attached hydrogen (secondary N) is 1. The molecule has 3 N–H and O–H groups in total. The van der Waals surface area contributed by atoms with Gasteiger partial charge in [-0.15, -0.1) is 0 Å². The van der Waals surface area contributed by atoms with Gasteiger partial charge in [0.2, 0.25) is 0 Å². The van der Waals surface area contributed by atoms with E-state index in [0.717, 1.165) is 34.2 Å². The van der Waals surface area contributed by atoms with Crippen molar-refractivity contribution < 1.29 is 0 Å². The number of hydrogen-bond acceptors (Lipinski definition) is 4. The maximum atomic E-state index is 5.83. The standard InChI is InChI=1S/C14H17BrN6/c1-2-6-21-14(11(15)9-18-21)13(19-16)10-8-17-20-7-4-3-5-12(10)20/h3-5,7-9,13,19H,2,6,16H2,1H3. The van der Waals surface area contributed by atoms with Crippen molar-refractivity contribution in [2.75, 3.05) is 0 Å². The predicted molar refractivity (Wildman–Crippen MR) is 84.6 cm³/mol. The van der Waals surface area contributed by atoms with Crippen molar-refractivity contribution in [3.05, 3.63) is 52.5 Å². The molecule has 1 unspecified atom stereocenters. The number of pyridine rings is 1. The van der Waals surface area contributed by atoms with Crippen LogP contribution in [0.1, 0.15) is 30.6 Å². The van der Waals surface area contributed by atoms with Gasteiger partial charge in [0.1, 0.15) is 0 Å². The van der Waals surface area contributed by atoms with Crippen molar-refractivity contribution in [2.24, 2.45) is 5.84 Å². The van der Waals surface area contributed by atoms with E-state index in [1.807, 2.05) is 39.8 Å². The van der Waals surface area contributed by atoms with Gasteiger partial charge < -0.3 is 0 Å². The Kier molecular flexibility index (Phi) is 4.05. The van der Waals surface area contributed by atoms with E-state index in [2.05, 4.69) is 38.5 Å². The zero-order valence-electron chi connectivity index (χ0n) is 11.7. The highest BCUT2D eigenvalue weighted by Crippen LogP contribution is 2.30. The summed E-state index contributed by atoms with van der Waals surface area (Å²) in [7, 11) is 0. The van der Waals surface area contributed by atoms with Crippen LogP contribution >= 0.6 is 15.9 Å². The topological polar surface area (TPSA) is 73.2 Å². The molecular formula is C14H17BrN6. The van der Waals surface area contributed by atoms with Gasteiger partial charge in [0, 0.05) is 18.3 Å². The average Bonchev–Trinajstić information content (AvgIpc) is 3.07. The largest absolute Gasteiger partial charge is 0.271 e. The van der Waals surface area contributed by atoms with Crippen LogP contribution < -0.4 is 11.3 Å². The van der Waals surface area contributed by atoms with Crippen LogP contribution in [0, 0.1) is 0 Å². The Balaban J connectivity index is 2.12. The minimum atomic E-state index is -0.173. The Morgan fingerprint density at radius 3 is 2.95 bits per heavy atom. The van der Waals surface area contributed by atoms with Crippen molar-refractivity contribution >= 4 is 21.4 Å². The van der Waals surface area contributed by atoms with Crippen molar-refractivity contribution in [3.8, 4) is 0 Å². The molecule has 110 valence electrons. The number of hydrogen-bond donors (Lipinski definition) is 2. The zero-order chi connectivity index (χ0) is 14.8. The first-order valence-electron chi connectivity index (χ1n) is 6.85. The summed E-state index contributed by atoms with van der Waals surface area (Å²) in [6, 6.07) is 5.80. The molecule has 0 aliphatic carbocycles. The van der Waals surface area contributed by atoms with Crippen LogP contribution in [0.4, 0.5) is 0 Å². The molecule has 0 radical (unpaired) electrons. The van der Waals surface area contributed by atoms with Crippen molar-refractivity contribution in [2.45, 2.75) is 25.9 Å². The number of nitrogens with zero attached hydrogens (tertiary/aromatic N) is 4. The first kappa shape index (κ1) is 14.2. The summed E-state index contributed by atoms with van der Waals surface area (Å²) >= 11 is 3.57. The van der Waals surface area contributed by atoms with E-state index in [-0.39, 0.29) is 6.04 Å². The summed E-state index contributed by atoms with van der Waals surface area (Å²) in [6.45, 7) is 2.97. The second kappa shape index (κ2) is 5.97. The molecule has 0 spiro atoms. The van der Waals surface area contributed by atoms with Crippen LogP contribution in [0.25, 0.3) is 5.52 Å². The summed E-state index contributed by atoms with van der Waals surface area (Å²) in [5.41, 5.74) is 5.96. The zero-order valence-corrected chi connectivity index (χ0v) is 13.3. The van der Waals surface area contributed by atoms with Crippen molar-refractivity contribution in [3.63, 3.8) is 0 Å². The van der Waals surface area contributed by atoms with Gasteiger partial charge >= 0.3 is 0 Å². The third-order valence-electron chi connectivity index (χ3n) is 3.48. The molecule has 0 amide bonds. The van der Waals surface area contributed by atoms with E-state index in [1.54, 1.807) is 6.20 Å². The molecule has 3 aromatic rings. The van der Waals surface area contributed by atoms with Crippen molar-refractivity contribution in [1.82, 2.24) is 24.8 Å². The van der Waals surface area contributed by atoms with Gasteiger partial charge in [0.25, 0.3) is 0 Å². The molecule has 0 aliphatic heterocycles. The van der Waals surface area contributed by atoms with Crippen LogP contribution in [0.5, 0.6) is 0 Å². The van der Waals surface area contributed by atoms with Crippen LogP contribution in [0.3, 0.4) is 0 Å². The first-order valence-corrected chi connectivity index (χ1v) is 7.65. The van der Waals surface area contributed by atoms with Crippen LogP contribution in [-0.2, 0) is 6.54 Å². The Labute approximate surface area is 131 Å². The Morgan fingerprint density at radius 1 is 1.33 bits per heavy atom. The number of halogens is 1. The maximum Gasteiger partial charge on any atom is 0.0926 e. The molecule has 21 heavy (non-hydrogen) atoms. The lowest BCUT2D eigenvalue weighted by Crippen LogP contribution is -2.31. The van der Waals surface area contributed by atoms with E-state index in [0.29, 0.717) is 0 Å². The van der Waals surface area contributed by atoms with Crippen LogP contribution in [0.15, 0.2) is 41.3 Å². The first-order chi connectivity index (χ1) is 10.3. The molecule has 0 saturated carbocycles. The molecule has 0 fully saturated rings. The lowest BCUT2D eigenvalue weighted by atomic mass is 10.1. The fourth-order valence-corrected chi connectivity index (χ4v) is 3.07. The number of aromatic nitrogens is 4. The number of rotatable bonds is 5. The van der Waals surface area contributed by atoms with E-state index < -0.39 is 0 Å². The van der Waals surface area contributed by atoms with Crippen molar-refractivity contribution in [1.29, 1.82) is 0 Å². The fraction of sp³-hybridized carbons (Fsp3) is 0.286. The second-order valence-corrected chi connectivity index (χ2v) is 5.69. The van der Waals surface area contributed by atoms with Gasteiger partial charge in [-0.2, -0.15) is 10.2 Å². The third kappa shape index (κ3) is 2.48. The van der Waals surface area contributed by atoms with E-state index in [4.69, 9.17) is 5.84 Å². The molecule has 1 atom stereocenters. The van der Waals surface area contributed by atoms with Gasteiger partial charge in [-0.1, -0.05) is 13.0 Å². The highest BCUT2D eigenvalue weighted by molar-refractivity contribution is 9.10. The summed E-state index contributed by atoms with van der Waals surface area (Å²) in [6.07, 6.45) is 6.58.